The maximum absolute atomic E-state index is 12.8. The topological polar surface area (TPSA) is 62.2 Å². The van der Waals surface area contributed by atoms with Crippen LogP contribution in [0.5, 0.6) is 0 Å². The van der Waals surface area contributed by atoms with Gasteiger partial charge in [0.15, 0.2) is 5.15 Å². The Balaban J connectivity index is 2.08. The molecular weight excluding hydrogens is 417 g/mol. The number of pyridine rings is 1. The van der Waals surface area contributed by atoms with Crippen LogP contribution in [0.3, 0.4) is 0 Å². The molecule has 11 heteroatoms. The number of carbonyl (C=O) groups is 1. The second-order valence-corrected chi connectivity index (χ2v) is 7.62. The van der Waals surface area contributed by atoms with E-state index in [1.807, 2.05) is 0 Å². The first-order chi connectivity index (χ1) is 13.1. The van der Waals surface area contributed by atoms with Crippen molar-refractivity contribution in [2.24, 2.45) is 5.92 Å². The average molecular weight is 438 g/mol. The molecule has 6 nitrogen and oxygen atoms in total. The number of alkyl halides is 3. The van der Waals surface area contributed by atoms with Gasteiger partial charge in [-0.25, -0.2) is 4.68 Å². The fourth-order valence-corrected chi connectivity index (χ4v) is 3.75. The van der Waals surface area contributed by atoms with E-state index in [-0.39, 0.29) is 22.6 Å². The summed E-state index contributed by atoms with van der Waals surface area (Å²) in [5.74, 6) is -0.524. The summed E-state index contributed by atoms with van der Waals surface area (Å²) in [6.07, 6.45) is -0.637. The van der Waals surface area contributed by atoms with Gasteiger partial charge in [-0.2, -0.15) is 30.0 Å². The Kier molecular flexibility index (Phi) is 7.59. The Morgan fingerprint density at radius 2 is 2.21 bits per heavy atom. The van der Waals surface area contributed by atoms with Crippen LogP contribution in [0.1, 0.15) is 20.3 Å². The van der Waals surface area contributed by atoms with Crippen LogP contribution < -0.4 is 9.63 Å². The zero-order valence-corrected chi connectivity index (χ0v) is 16.9. The van der Waals surface area contributed by atoms with Gasteiger partial charge in [0.1, 0.15) is 11.4 Å². The number of hydrogen-bond acceptors (Lipinski definition) is 4. The third-order valence-electron chi connectivity index (χ3n) is 3.88. The number of halogens is 4. The molecule has 1 unspecified atom stereocenters. The number of thioether (sulfide) groups is 1. The van der Waals surface area contributed by atoms with Gasteiger partial charge in [0.05, 0.1) is 12.6 Å². The standard InChI is InChI=1S/C17H21ClF3N4O2S/c1-3-24(16(26)12(2)11-28-8-6-17(19,20)21)14-10-25(22-15(14)18)13-5-4-7-23(27)9-13/h4-5,7,9-10,12,27H,3,6,8,11H2,1-2H3/q+1. The molecular formula is C17H21ClF3N4O2S+. The molecule has 2 aromatic heterocycles. The van der Waals surface area contributed by atoms with Crippen molar-refractivity contribution in [1.29, 1.82) is 0 Å². The minimum Gasteiger partial charge on any atom is -0.308 e. The maximum atomic E-state index is 12.8. The van der Waals surface area contributed by atoms with Gasteiger partial charge in [0.25, 0.3) is 0 Å². The van der Waals surface area contributed by atoms with Crippen molar-refractivity contribution in [2.45, 2.75) is 26.4 Å². The zero-order valence-electron chi connectivity index (χ0n) is 15.4. The number of amides is 1. The molecule has 0 saturated carbocycles. The Hall–Kier alpha value is -1.94. The Labute approximate surface area is 169 Å². The molecule has 0 bridgehead atoms. The lowest BCUT2D eigenvalue weighted by Crippen LogP contribution is -2.36. The van der Waals surface area contributed by atoms with Gasteiger partial charge in [-0.1, -0.05) is 18.5 Å². The molecule has 154 valence electrons. The highest BCUT2D eigenvalue weighted by Gasteiger charge is 2.28. The van der Waals surface area contributed by atoms with E-state index in [0.29, 0.717) is 17.9 Å². The number of anilines is 1. The summed E-state index contributed by atoms with van der Waals surface area (Å²) < 4.78 is 39.0. The van der Waals surface area contributed by atoms with Gasteiger partial charge >= 0.3 is 6.18 Å². The molecule has 2 heterocycles. The molecule has 0 aliphatic heterocycles. The summed E-state index contributed by atoms with van der Waals surface area (Å²) in [5.41, 5.74) is 0.937. The van der Waals surface area contributed by atoms with Crippen molar-refractivity contribution in [3.8, 4) is 5.69 Å². The second kappa shape index (κ2) is 9.51. The van der Waals surface area contributed by atoms with Crippen molar-refractivity contribution >= 4 is 35.0 Å². The van der Waals surface area contributed by atoms with Gasteiger partial charge in [0, 0.05) is 34.8 Å². The van der Waals surface area contributed by atoms with Crippen LogP contribution >= 0.6 is 23.4 Å². The smallest absolute Gasteiger partial charge is 0.308 e. The lowest BCUT2D eigenvalue weighted by molar-refractivity contribution is -0.904. The summed E-state index contributed by atoms with van der Waals surface area (Å²) in [6.45, 7) is 3.78. The lowest BCUT2D eigenvalue weighted by Gasteiger charge is -2.23. The van der Waals surface area contributed by atoms with E-state index in [1.54, 1.807) is 32.2 Å². The van der Waals surface area contributed by atoms with Crippen molar-refractivity contribution in [3.63, 3.8) is 0 Å². The minimum absolute atomic E-state index is 0.0822. The molecule has 2 aromatic rings. The molecule has 0 spiro atoms. The summed E-state index contributed by atoms with van der Waals surface area (Å²) in [7, 11) is 0. The number of nitrogens with zero attached hydrogens (tertiary/aromatic N) is 4. The van der Waals surface area contributed by atoms with Crippen LogP contribution in [-0.2, 0) is 4.79 Å². The number of hydrogen-bond donors (Lipinski definition) is 1. The summed E-state index contributed by atoms with van der Waals surface area (Å²) in [4.78, 5) is 14.2. The average Bonchev–Trinajstić information content (AvgIpc) is 3.00. The molecule has 0 radical (unpaired) electrons. The van der Waals surface area contributed by atoms with E-state index in [4.69, 9.17) is 11.6 Å². The molecule has 1 atom stereocenters. The molecule has 0 aliphatic carbocycles. The van der Waals surface area contributed by atoms with Crippen LogP contribution in [0.2, 0.25) is 5.15 Å². The SMILES string of the molecule is CCN(C(=O)C(C)CSCCC(F)(F)F)c1cn(-c2ccc[n+](O)c2)nc1Cl. The van der Waals surface area contributed by atoms with Crippen LogP contribution in [0.15, 0.2) is 30.7 Å². The van der Waals surface area contributed by atoms with E-state index < -0.39 is 18.5 Å². The van der Waals surface area contributed by atoms with Gasteiger partial charge < -0.3 is 4.90 Å². The highest BCUT2D eigenvalue weighted by Crippen LogP contribution is 2.28. The van der Waals surface area contributed by atoms with Crippen LogP contribution in [0.25, 0.3) is 5.69 Å². The third kappa shape index (κ3) is 6.03. The Morgan fingerprint density at radius 3 is 2.82 bits per heavy atom. The van der Waals surface area contributed by atoms with Crippen LogP contribution in [-0.4, -0.2) is 45.1 Å². The highest BCUT2D eigenvalue weighted by molar-refractivity contribution is 7.99. The van der Waals surface area contributed by atoms with Crippen LogP contribution in [0.4, 0.5) is 18.9 Å². The molecule has 2 rings (SSSR count). The van der Waals surface area contributed by atoms with Crippen molar-refractivity contribution in [1.82, 2.24) is 9.78 Å². The summed E-state index contributed by atoms with van der Waals surface area (Å²) >= 11 is 7.30. The van der Waals surface area contributed by atoms with Gasteiger partial charge in [-0.3, -0.25) is 10.0 Å². The van der Waals surface area contributed by atoms with Gasteiger partial charge in [0.2, 0.25) is 18.3 Å². The predicted octanol–water partition coefficient (Wildman–Crippen LogP) is 3.73. The molecule has 0 saturated heterocycles. The monoisotopic (exact) mass is 437 g/mol. The van der Waals surface area contributed by atoms with Crippen LogP contribution in [0, 0.1) is 5.92 Å². The third-order valence-corrected chi connectivity index (χ3v) is 5.38. The first-order valence-electron chi connectivity index (χ1n) is 8.54. The number of carbonyl (C=O) groups excluding carboxylic acids is 1. The summed E-state index contributed by atoms with van der Waals surface area (Å²) in [5, 5.41) is 13.8. The molecule has 0 aliphatic rings. The molecule has 0 fully saturated rings. The van der Waals surface area contributed by atoms with Gasteiger partial charge in [-0.15, -0.1) is 0 Å². The lowest BCUT2D eigenvalue weighted by atomic mass is 10.2. The largest absolute Gasteiger partial charge is 0.389 e. The van der Waals surface area contributed by atoms with Crippen molar-refractivity contribution in [2.75, 3.05) is 23.0 Å². The first-order valence-corrected chi connectivity index (χ1v) is 10.1. The number of rotatable bonds is 8. The fraction of sp³-hybridized carbons (Fsp3) is 0.471. The normalized spacial score (nSPS) is 12.8. The predicted molar refractivity (Wildman–Crippen MR) is 101 cm³/mol. The molecule has 28 heavy (non-hydrogen) atoms. The van der Waals surface area contributed by atoms with E-state index in [9.17, 15) is 23.2 Å². The quantitative estimate of drug-likeness (QED) is 0.388. The number of aromatic nitrogens is 3. The fourth-order valence-electron chi connectivity index (χ4n) is 2.47. The van der Waals surface area contributed by atoms with Gasteiger partial charge in [-0.05, 0) is 13.0 Å². The molecule has 1 amide bonds. The molecule has 1 N–H and O–H groups in total. The zero-order chi connectivity index (χ0) is 20.9. The second-order valence-electron chi connectivity index (χ2n) is 6.12. The van der Waals surface area contributed by atoms with E-state index in [2.05, 4.69) is 5.10 Å². The minimum atomic E-state index is -4.19. The first kappa shape index (κ1) is 22.4. The molecule has 0 aromatic carbocycles. The van der Waals surface area contributed by atoms with E-state index in [1.165, 1.54) is 22.0 Å². The van der Waals surface area contributed by atoms with E-state index in [0.717, 1.165) is 16.5 Å². The van der Waals surface area contributed by atoms with Crippen molar-refractivity contribution < 1.29 is 27.9 Å². The van der Waals surface area contributed by atoms with E-state index >= 15 is 0 Å². The highest BCUT2D eigenvalue weighted by atomic mass is 35.5. The maximum Gasteiger partial charge on any atom is 0.389 e. The summed E-state index contributed by atoms with van der Waals surface area (Å²) in [6, 6.07) is 3.32. The van der Waals surface area contributed by atoms with Crippen molar-refractivity contribution in [3.05, 3.63) is 35.9 Å². The Bertz CT molecular complexity index is 816. The Morgan fingerprint density at radius 1 is 1.50 bits per heavy atom.